The molecule has 0 aliphatic rings. The van der Waals surface area contributed by atoms with E-state index in [0.29, 0.717) is 36.7 Å². The summed E-state index contributed by atoms with van der Waals surface area (Å²) in [6.45, 7) is 12.1. The van der Waals surface area contributed by atoms with E-state index in [9.17, 15) is 4.79 Å². The predicted molar refractivity (Wildman–Crippen MR) is 102 cm³/mol. The van der Waals surface area contributed by atoms with E-state index in [4.69, 9.17) is 14.2 Å². The average Bonchev–Trinajstić information content (AvgIpc) is 2.61. The molecule has 1 rings (SSSR count). The topological polar surface area (TPSA) is 44.8 Å². The molecule has 0 bridgehead atoms. The number of esters is 1. The van der Waals surface area contributed by atoms with Crippen molar-refractivity contribution in [3.05, 3.63) is 48.1 Å². The Labute approximate surface area is 151 Å². The van der Waals surface area contributed by atoms with Crippen molar-refractivity contribution in [1.29, 1.82) is 0 Å². The van der Waals surface area contributed by atoms with E-state index in [0.717, 1.165) is 36.8 Å². The molecule has 0 unspecified atom stereocenters. The Balaban J connectivity index is 3.53. The quantitative estimate of drug-likeness (QED) is 0.307. The van der Waals surface area contributed by atoms with Crippen LogP contribution in [0.2, 0.25) is 0 Å². The first-order valence-electron chi connectivity index (χ1n) is 8.88. The van der Waals surface area contributed by atoms with E-state index in [2.05, 4.69) is 20.1 Å². The molecule has 138 valence electrons. The lowest BCUT2D eigenvalue weighted by Gasteiger charge is -2.20. The van der Waals surface area contributed by atoms with Gasteiger partial charge in [0.15, 0.2) is 0 Å². The van der Waals surface area contributed by atoms with Crippen LogP contribution >= 0.6 is 0 Å². The van der Waals surface area contributed by atoms with Gasteiger partial charge in [-0.05, 0) is 37.8 Å². The van der Waals surface area contributed by atoms with Crippen molar-refractivity contribution in [2.24, 2.45) is 0 Å². The van der Waals surface area contributed by atoms with Crippen molar-refractivity contribution in [3.63, 3.8) is 0 Å². The number of carbonyl (C=O) groups is 1. The molecule has 1 aromatic carbocycles. The van der Waals surface area contributed by atoms with Crippen LogP contribution in [0.25, 0.3) is 0 Å². The molecule has 0 atom stereocenters. The number of unbranched alkanes of at least 4 members (excludes halogenated alkanes) is 2. The van der Waals surface area contributed by atoms with Crippen molar-refractivity contribution in [1.82, 2.24) is 0 Å². The SMILES string of the molecule is C=CCOc1c(CC=C)c(OC)cc(CCCCC)c1C(=O)OCC. The highest BCUT2D eigenvalue weighted by atomic mass is 16.5. The van der Waals surface area contributed by atoms with Gasteiger partial charge in [0.25, 0.3) is 0 Å². The van der Waals surface area contributed by atoms with E-state index < -0.39 is 0 Å². The minimum absolute atomic E-state index is 0.304. The van der Waals surface area contributed by atoms with Gasteiger partial charge in [-0.15, -0.1) is 6.58 Å². The highest BCUT2D eigenvalue weighted by Crippen LogP contribution is 2.37. The number of hydrogen-bond acceptors (Lipinski definition) is 4. The molecule has 0 spiro atoms. The number of aryl methyl sites for hydroxylation is 1. The molecular weight excluding hydrogens is 316 g/mol. The Hall–Kier alpha value is -2.23. The zero-order valence-electron chi connectivity index (χ0n) is 15.7. The fraction of sp³-hybridized carbons (Fsp3) is 0.476. The van der Waals surface area contributed by atoms with Crippen LogP contribution in [-0.2, 0) is 17.6 Å². The van der Waals surface area contributed by atoms with Crippen molar-refractivity contribution in [2.45, 2.75) is 46.0 Å². The third kappa shape index (κ3) is 5.66. The summed E-state index contributed by atoms with van der Waals surface area (Å²) in [5.74, 6) is 0.864. The molecule has 0 radical (unpaired) electrons. The minimum atomic E-state index is -0.360. The van der Waals surface area contributed by atoms with E-state index in [1.54, 1.807) is 26.2 Å². The lowest BCUT2D eigenvalue weighted by Crippen LogP contribution is -2.14. The molecule has 4 nitrogen and oxygen atoms in total. The summed E-state index contributed by atoms with van der Waals surface area (Å²) >= 11 is 0. The van der Waals surface area contributed by atoms with Gasteiger partial charge < -0.3 is 14.2 Å². The number of allylic oxidation sites excluding steroid dienone is 1. The van der Waals surface area contributed by atoms with Crippen LogP contribution in [0.5, 0.6) is 11.5 Å². The molecule has 0 aliphatic heterocycles. The first kappa shape index (κ1) is 20.8. The van der Waals surface area contributed by atoms with Gasteiger partial charge in [-0.2, -0.15) is 0 Å². The maximum Gasteiger partial charge on any atom is 0.342 e. The molecule has 0 N–H and O–H groups in total. The van der Waals surface area contributed by atoms with Crippen LogP contribution in [-0.4, -0.2) is 26.3 Å². The van der Waals surface area contributed by atoms with Crippen molar-refractivity contribution in [2.75, 3.05) is 20.3 Å². The molecule has 0 saturated heterocycles. The van der Waals surface area contributed by atoms with Crippen molar-refractivity contribution < 1.29 is 19.0 Å². The summed E-state index contributed by atoms with van der Waals surface area (Å²) in [7, 11) is 1.62. The molecular formula is C21H30O4. The number of rotatable bonds is 12. The standard InChI is InChI=1S/C21H30O4/c1-6-10-11-13-16-15-18(23-5)17(12-7-2)20(25-14-8-3)19(16)21(22)24-9-4/h7-8,15H,2-3,6,9-14H2,1,4-5H3. The van der Waals surface area contributed by atoms with E-state index in [1.165, 1.54) is 0 Å². The number of carbonyl (C=O) groups excluding carboxylic acids is 1. The highest BCUT2D eigenvalue weighted by Gasteiger charge is 2.25. The number of methoxy groups -OCH3 is 1. The Morgan fingerprint density at radius 3 is 2.52 bits per heavy atom. The van der Waals surface area contributed by atoms with Crippen LogP contribution in [0, 0.1) is 0 Å². The van der Waals surface area contributed by atoms with Gasteiger partial charge in [-0.25, -0.2) is 4.79 Å². The first-order chi connectivity index (χ1) is 12.1. The summed E-state index contributed by atoms with van der Waals surface area (Å²) in [6, 6.07) is 1.93. The molecule has 0 amide bonds. The lowest BCUT2D eigenvalue weighted by molar-refractivity contribution is 0.0520. The Kier molecular flexibility index (Phi) is 9.45. The average molecular weight is 346 g/mol. The normalized spacial score (nSPS) is 10.2. The molecule has 4 heteroatoms. The van der Waals surface area contributed by atoms with Crippen LogP contribution in [0.3, 0.4) is 0 Å². The smallest absolute Gasteiger partial charge is 0.342 e. The second-order valence-corrected chi connectivity index (χ2v) is 5.69. The Bertz CT molecular complexity index is 590. The fourth-order valence-corrected chi connectivity index (χ4v) is 2.74. The van der Waals surface area contributed by atoms with Crippen LogP contribution < -0.4 is 9.47 Å². The monoisotopic (exact) mass is 346 g/mol. The van der Waals surface area contributed by atoms with E-state index in [-0.39, 0.29) is 5.97 Å². The molecule has 0 fully saturated rings. The predicted octanol–water partition coefficient (Wildman–Crippen LogP) is 4.90. The van der Waals surface area contributed by atoms with Gasteiger partial charge in [0.2, 0.25) is 0 Å². The summed E-state index contributed by atoms with van der Waals surface area (Å²) in [5.41, 5.74) is 2.20. The maximum absolute atomic E-state index is 12.6. The first-order valence-corrected chi connectivity index (χ1v) is 8.88. The molecule has 25 heavy (non-hydrogen) atoms. The van der Waals surface area contributed by atoms with E-state index >= 15 is 0 Å². The van der Waals surface area contributed by atoms with Crippen LogP contribution in [0.4, 0.5) is 0 Å². The summed E-state index contributed by atoms with van der Waals surface area (Å²) in [6.07, 6.45) is 7.94. The number of ether oxygens (including phenoxy) is 3. The Morgan fingerprint density at radius 1 is 1.20 bits per heavy atom. The zero-order chi connectivity index (χ0) is 18.7. The van der Waals surface area contributed by atoms with Crippen molar-refractivity contribution >= 4 is 5.97 Å². The highest BCUT2D eigenvalue weighted by molar-refractivity contribution is 5.95. The number of benzene rings is 1. The minimum Gasteiger partial charge on any atom is -0.496 e. The largest absolute Gasteiger partial charge is 0.496 e. The zero-order valence-corrected chi connectivity index (χ0v) is 15.7. The third-order valence-electron chi connectivity index (χ3n) is 3.87. The third-order valence-corrected chi connectivity index (χ3v) is 3.87. The number of hydrogen-bond donors (Lipinski definition) is 0. The van der Waals surface area contributed by atoms with Gasteiger partial charge in [-0.3, -0.25) is 0 Å². The fourth-order valence-electron chi connectivity index (χ4n) is 2.74. The molecule has 0 aromatic heterocycles. The lowest BCUT2D eigenvalue weighted by atomic mass is 9.95. The van der Waals surface area contributed by atoms with Gasteiger partial charge >= 0.3 is 5.97 Å². The molecule has 0 aliphatic carbocycles. The summed E-state index contributed by atoms with van der Waals surface area (Å²) in [5, 5.41) is 0. The molecule has 1 aromatic rings. The van der Waals surface area contributed by atoms with Gasteiger partial charge in [0.05, 0.1) is 13.7 Å². The Morgan fingerprint density at radius 2 is 1.96 bits per heavy atom. The van der Waals surface area contributed by atoms with Crippen LogP contribution in [0.1, 0.15) is 54.6 Å². The van der Waals surface area contributed by atoms with Crippen LogP contribution in [0.15, 0.2) is 31.4 Å². The van der Waals surface area contributed by atoms with Gasteiger partial charge in [0.1, 0.15) is 23.7 Å². The van der Waals surface area contributed by atoms with Crippen molar-refractivity contribution in [3.8, 4) is 11.5 Å². The van der Waals surface area contributed by atoms with E-state index in [1.807, 2.05) is 6.07 Å². The summed E-state index contributed by atoms with van der Waals surface area (Å²) < 4.78 is 16.7. The molecule has 0 heterocycles. The second kappa shape index (κ2) is 11.3. The van der Waals surface area contributed by atoms with Gasteiger partial charge in [0, 0.05) is 5.56 Å². The second-order valence-electron chi connectivity index (χ2n) is 5.69. The maximum atomic E-state index is 12.6. The van der Waals surface area contributed by atoms with Gasteiger partial charge in [-0.1, -0.05) is 38.5 Å². The molecule has 0 saturated carbocycles. The summed E-state index contributed by atoms with van der Waals surface area (Å²) in [4.78, 5) is 12.6.